The first-order chi connectivity index (χ1) is 9.54. The van der Waals surface area contributed by atoms with E-state index in [1.54, 1.807) is 28.9 Å². The molecule has 1 aromatic carbocycles. The van der Waals surface area contributed by atoms with Crippen molar-refractivity contribution in [3.8, 4) is 5.75 Å². The van der Waals surface area contributed by atoms with Gasteiger partial charge in [-0.2, -0.15) is 5.10 Å². The van der Waals surface area contributed by atoms with E-state index < -0.39 is 0 Å². The van der Waals surface area contributed by atoms with Gasteiger partial charge in [-0.15, -0.1) is 0 Å². The van der Waals surface area contributed by atoms with Crippen LogP contribution in [0.4, 0.5) is 5.69 Å². The number of rotatable bonds is 5. The lowest BCUT2D eigenvalue weighted by Gasteiger charge is -2.07. The van der Waals surface area contributed by atoms with E-state index in [1.165, 1.54) is 0 Å². The summed E-state index contributed by atoms with van der Waals surface area (Å²) in [4.78, 5) is 11.7. The third-order valence-corrected chi connectivity index (χ3v) is 2.82. The van der Waals surface area contributed by atoms with Crippen molar-refractivity contribution in [3.63, 3.8) is 0 Å². The minimum absolute atomic E-state index is 0.0389. The van der Waals surface area contributed by atoms with Crippen molar-refractivity contribution in [2.24, 2.45) is 7.05 Å². The number of carbonyl (C=O) groups excluding carboxylic acids is 1. The fourth-order valence-corrected chi connectivity index (χ4v) is 1.82. The summed E-state index contributed by atoms with van der Waals surface area (Å²) in [6, 6.07) is 6.98. The van der Waals surface area contributed by atoms with E-state index in [9.17, 15) is 4.79 Å². The molecule has 0 bridgehead atoms. The molecule has 0 atom stereocenters. The molecule has 6 heteroatoms. The van der Waals surface area contributed by atoms with Crippen LogP contribution < -0.4 is 15.8 Å². The van der Waals surface area contributed by atoms with Crippen molar-refractivity contribution < 1.29 is 9.53 Å². The van der Waals surface area contributed by atoms with Gasteiger partial charge in [0.05, 0.1) is 5.69 Å². The number of carbonyl (C=O) groups is 1. The van der Waals surface area contributed by atoms with Crippen LogP contribution in [0.15, 0.2) is 30.5 Å². The maximum atomic E-state index is 11.7. The first-order valence-corrected chi connectivity index (χ1v) is 6.29. The fraction of sp³-hybridized carbons (Fsp3) is 0.286. The fourth-order valence-electron chi connectivity index (χ4n) is 1.82. The zero-order valence-electron chi connectivity index (χ0n) is 11.6. The Kier molecular flexibility index (Phi) is 4.24. The lowest BCUT2D eigenvalue weighted by molar-refractivity contribution is -0.123. The predicted octanol–water partition coefficient (Wildman–Crippen LogP) is 1.01. The Morgan fingerprint density at radius 2 is 2.30 bits per heavy atom. The molecule has 0 aliphatic heterocycles. The molecule has 1 amide bonds. The van der Waals surface area contributed by atoms with E-state index >= 15 is 0 Å². The normalized spacial score (nSPS) is 10.3. The summed E-state index contributed by atoms with van der Waals surface area (Å²) in [7, 11) is 1.85. The molecule has 0 radical (unpaired) electrons. The number of benzene rings is 1. The van der Waals surface area contributed by atoms with E-state index in [0.29, 0.717) is 18.0 Å². The number of nitrogens with one attached hydrogen (secondary N) is 1. The molecule has 2 aromatic rings. The standard InChI is InChI=1S/C14H18N4O2/c1-10-11(8-18(2)17-10)7-16-14(19)9-20-13-5-3-4-12(15)6-13/h3-6,8H,7,9,15H2,1-2H3,(H,16,19). The Morgan fingerprint density at radius 1 is 1.50 bits per heavy atom. The third-order valence-electron chi connectivity index (χ3n) is 2.82. The molecular formula is C14H18N4O2. The van der Waals surface area contributed by atoms with Gasteiger partial charge in [0.15, 0.2) is 6.61 Å². The van der Waals surface area contributed by atoms with Crippen molar-refractivity contribution in [2.75, 3.05) is 12.3 Å². The Bertz CT molecular complexity index is 607. The molecule has 0 saturated heterocycles. The molecule has 20 heavy (non-hydrogen) atoms. The Labute approximate surface area is 117 Å². The molecular weight excluding hydrogens is 256 g/mol. The molecule has 0 fully saturated rings. The summed E-state index contributed by atoms with van der Waals surface area (Å²) < 4.78 is 7.08. The largest absolute Gasteiger partial charge is 0.484 e. The Balaban J connectivity index is 1.80. The molecule has 2 rings (SSSR count). The van der Waals surface area contributed by atoms with Crippen LogP contribution in [-0.2, 0) is 18.4 Å². The maximum absolute atomic E-state index is 11.7. The second-order valence-corrected chi connectivity index (χ2v) is 4.55. The number of aryl methyl sites for hydroxylation is 2. The zero-order chi connectivity index (χ0) is 14.5. The number of hydrogen-bond acceptors (Lipinski definition) is 4. The molecule has 0 aliphatic rings. The van der Waals surface area contributed by atoms with E-state index in [1.807, 2.05) is 20.2 Å². The summed E-state index contributed by atoms with van der Waals surface area (Å²) in [5, 5.41) is 7.00. The first-order valence-electron chi connectivity index (χ1n) is 6.29. The highest BCUT2D eigenvalue weighted by Crippen LogP contribution is 2.14. The summed E-state index contributed by atoms with van der Waals surface area (Å²) >= 11 is 0. The van der Waals surface area contributed by atoms with Crippen LogP contribution in [0.25, 0.3) is 0 Å². The molecule has 1 heterocycles. The lowest BCUT2D eigenvalue weighted by atomic mass is 10.2. The number of nitrogen functional groups attached to an aromatic ring is 1. The number of amides is 1. The van der Waals surface area contributed by atoms with Gasteiger partial charge in [0.2, 0.25) is 0 Å². The second kappa shape index (κ2) is 6.10. The van der Waals surface area contributed by atoms with E-state index in [2.05, 4.69) is 10.4 Å². The number of anilines is 1. The van der Waals surface area contributed by atoms with Gasteiger partial charge in [-0.1, -0.05) is 6.07 Å². The minimum atomic E-state index is -0.185. The van der Waals surface area contributed by atoms with Gasteiger partial charge < -0.3 is 15.8 Å². The van der Waals surface area contributed by atoms with Crippen LogP contribution in [0.2, 0.25) is 0 Å². The third kappa shape index (κ3) is 3.74. The number of hydrogen-bond donors (Lipinski definition) is 2. The molecule has 3 N–H and O–H groups in total. The van der Waals surface area contributed by atoms with Crippen molar-refractivity contribution in [2.45, 2.75) is 13.5 Å². The average Bonchev–Trinajstić information content (AvgIpc) is 2.72. The first kappa shape index (κ1) is 13.9. The van der Waals surface area contributed by atoms with Crippen LogP contribution in [0.5, 0.6) is 5.75 Å². The number of nitrogens with zero attached hydrogens (tertiary/aromatic N) is 2. The number of nitrogens with two attached hydrogens (primary N) is 1. The van der Waals surface area contributed by atoms with E-state index in [-0.39, 0.29) is 12.5 Å². The van der Waals surface area contributed by atoms with Gasteiger partial charge in [-0.05, 0) is 19.1 Å². The molecule has 1 aromatic heterocycles. The van der Waals surface area contributed by atoms with Crippen molar-refractivity contribution in [1.82, 2.24) is 15.1 Å². The minimum Gasteiger partial charge on any atom is -0.484 e. The Morgan fingerprint density at radius 3 is 2.95 bits per heavy atom. The maximum Gasteiger partial charge on any atom is 0.258 e. The van der Waals surface area contributed by atoms with Gasteiger partial charge in [0.25, 0.3) is 5.91 Å². The molecule has 6 nitrogen and oxygen atoms in total. The van der Waals surface area contributed by atoms with Crippen LogP contribution in [0.3, 0.4) is 0 Å². The molecule has 0 aliphatic carbocycles. The van der Waals surface area contributed by atoms with Crippen molar-refractivity contribution >= 4 is 11.6 Å². The van der Waals surface area contributed by atoms with Crippen LogP contribution in [-0.4, -0.2) is 22.3 Å². The van der Waals surface area contributed by atoms with Crippen molar-refractivity contribution in [1.29, 1.82) is 0 Å². The molecule has 0 saturated carbocycles. The monoisotopic (exact) mass is 274 g/mol. The van der Waals surface area contributed by atoms with Crippen LogP contribution in [0, 0.1) is 6.92 Å². The van der Waals surface area contributed by atoms with Gasteiger partial charge >= 0.3 is 0 Å². The molecule has 0 spiro atoms. The second-order valence-electron chi connectivity index (χ2n) is 4.55. The van der Waals surface area contributed by atoms with E-state index in [0.717, 1.165) is 11.3 Å². The topological polar surface area (TPSA) is 82.2 Å². The highest BCUT2D eigenvalue weighted by molar-refractivity contribution is 5.77. The van der Waals surface area contributed by atoms with Gasteiger partial charge in [0.1, 0.15) is 5.75 Å². The molecule has 106 valence electrons. The number of ether oxygens (including phenoxy) is 1. The lowest BCUT2D eigenvalue weighted by Crippen LogP contribution is -2.28. The van der Waals surface area contributed by atoms with Crippen LogP contribution >= 0.6 is 0 Å². The van der Waals surface area contributed by atoms with Gasteiger partial charge in [0, 0.05) is 37.1 Å². The quantitative estimate of drug-likeness (QED) is 0.797. The summed E-state index contributed by atoms with van der Waals surface area (Å²) in [5.74, 6) is 0.397. The molecule has 0 unspecified atom stereocenters. The highest BCUT2D eigenvalue weighted by Gasteiger charge is 2.06. The SMILES string of the molecule is Cc1nn(C)cc1CNC(=O)COc1cccc(N)c1. The number of aromatic nitrogens is 2. The predicted molar refractivity (Wildman–Crippen MR) is 76.1 cm³/mol. The van der Waals surface area contributed by atoms with Gasteiger partial charge in [-0.3, -0.25) is 9.48 Å². The van der Waals surface area contributed by atoms with Crippen LogP contribution in [0.1, 0.15) is 11.3 Å². The smallest absolute Gasteiger partial charge is 0.258 e. The summed E-state index contributed by atoms with van der Waals surface area (Å²) in [6.07, 6.45) is 1.88. The highest BCUT2D eigenvalue weighted by atomic mass is 16.5. The van der Waals surface area contributed by atoms with Gasteiger partial charge in [-0.25, -0.2) is 0 Å². The Hall–Kier alpha value is -2.50. The summed E-state index contributed by atoms with van der Waals surface area (Å²) in [5.41, 5.74) is 8.13. The average molecular weight is 274 g/mol. The summed E-state index contributed by atoms with van der Waals surface area (Å²) in [6.45, 7) is 2.31. The van der Waals surface area contributed by atoms with E-state index in [4.69, 9.17) is 10.5 Å². The zero-order valence-corrected chi connectivity index (χ0v) is 11.6. The van der Waals surface area contributed by atoms with Crippen molar-refractivity contribution in [3.05, 3.63) is 41.7 Å².